The number of hydrogen-bond donors (Lipinski definition) is 2. The average Bonchev–Trinajstić information content (AvgIpc) is 3.43. The van der Waals surface area contributed by atoms with Gasteiger partial charge in [-0.25, -0.2) is 0 Å². The minimum absolute atomic E-state index is 0.0442. The van der Waals surface area contributed by atoms with E-state index in [4.69, 9.17) is 13.6 Å². The highest BCUT2D eigenvalue weighted by Gasteiger charge is 2.19. The number of hydrogen-bond acceptors (Lipinski definition) is 5. The van der Waals surface area contributed by atoms with Crippen molar-refractivity contribution in [2.24, 2.45) is 0 Å². The molecular formula is C22H26N3O4+. The first kappa shape index (κ1) is 19.3. The Morgan fingerprint density at radius 2 is 1.55 bits per heavy atom. The molecule has 1 saturated heterocycles. The third-order valence-corrected chi connectivity index (χ3v) is 4.95. The van der Waals surface area contributed by atoms with Gasteiger partial charge in [-0.3, -0.25) is 4.79 Å². The Morgan fingerprint density at radius 3 is 2.10 bits per heavy atom. The van der Waals surface area contributed by atoms with Crippen molar-refractivity contribution < 1.29 is 23.3 Å². The van der Waals surface area contributed by atoms with Crippen LogP contribution in [0, 0.1) is 0 Å². The number of furan rings is 2. The lowest BCUT2D eigenvalue weighted by atomic mass is 10.2. The normalized spacial score (nSPS) is 14.3. The Hall–Kier alpha value is -3.03. The number of anilines is 2. The van der Waals surface area contributed by atoms with E-state index in [0.29, 0.717) is 19.6 Å². The van der Waals surface area contributed by atoms with E-state index in [-0.39, 0.29) is 5.91 Å². The van der Waals surface area contributed by atoms with Gasteiger partial charge >= 0.3 is 0 Å². The van der Waals surface area contributed by atoms with Crippen molar-refractivity contribution >= 4 is 17.3 Å². The van der Waals surface area contributed by atoms with Gasteiger partial charge < -0.3 is 28.7 Å². The Bertz CT molecular complexity index is 833. The van der Waals surface area contributed by atoms with Gasteiger partial charge in [-0.05, 0) is 48.5 Å². The van der Waals surface area contributed by atoms with Crippen LogP contribution in [0.3, 0.4) is 0 Å². The van der Waals surface area contributed by atoms with E-state index in [2.05, 4.69) is 10.2 Å². The average molecular weight is 396 g/mol. The number of carbonyl (C=O) groups excluding carboxylic acids is 1. The van der Waals surface area contributed by atoms with Gasteiger partial charge in [0.05, 0.1) is 25.7 Å². The molecule has 2 aromatic heterocycles. The Labute approximate surface area is 169 Å². The molecule has 0 bridgehead atoms. The van der Waals surface area contributed by atoms with Crippen LogP contribution in [-0.4, -0.2) is 38.8 Å². The maximum absolute atomic E-state index is 12.6. The number of carbonyl (C=O) groups is 1. The number of ether oxygens (including phenoxy) is 1. The van der Waals surface area contributed by atoms with E-state index in [1.165, 1.54) is 0 Å². The summed E-state index contributed by atoms with van der Waals surface area (Å²) in [6.07, 6.45) is 3.30. The van der Waals surface area contributed by atoms with Gasteiger partial charge in [0.2, 0.25) is 0 Å². The summed E-state index contributed by atoms with van der Waals surface area (Å²) in [7, 11) is 0. The number of nitrogens with one attached hydrogen (secondary N) is 2. The highest BCUT2D eigenvalue weighted by atomic mass is 16.5. The smallest absolute Gasteiger partial charge is 0.279 e. The molecule has 0 atom stereocenters. The van der Waals surface area contributed by atoms with E-state index in [1.807, 2.05) is 48.5 Å². The molecule has 1 fully saturated rings. The summed E-state index contributed by atoms with van der Waals surface area (Å²) in [6.45, 7) is 4.82. The zero-order valence-electron chi connectivity index (χ0n) is 16.3. The lowest BCUT2D eigenvalue weighted by Crippen LogP contribution is -3.10. The first-order valence-electron chi connectivity index (χ1n) is 9.87. The molecule has 1 aliphatic heterocycles. The van der Waals surface area contributed by atoms with Crippen LogP contribution in [0.5, 0.6) is 0 Å². The maximum Gasteiger partial charge on any atom is 0.279 e. The van der Waals surface area contributed by atoms with E-state index in [0.717, 1.165) is 54.1 Å². The van der Waals surface area contributed by atoms with Crippen LogP contribution in [0.25, 0.3) is 0 Å². The molecule has 29 heavy (non-hydrogen) atoms. The van der Waals surface area contributed by atoms with Crippen LogP contribution in [0.1, 0.15) is 11.5 Å². The third-order valence-electron chi connectivity index (χ3n) is 4.95. The van der Waals surface area contributed by atoms with Crippen LogP contribution < -0.4 is 15.1 Å². The Morgan fingerprint density at radius 1 is 0.931 bits per heavy atom. The quantitative estimate of drug-likeness (QED) is 0.609. The highest BCUT2D eigenvalue weighted by molar-refractivity contribution is 5.91. The summed E-state index contributed by atoms with van der Waals surface area (Å²) in [4.78, 5) is 16.0. The summed E-state index contributed by atoms with van der Waals surface area (Å²) in [5.74, 6) is 1.64. The van der Waals surface area contributed by atoms with Gasteiger partial charge in [0, 0.05) is 24.5 Å². The van der Waals surface area contributed by atoms with Crippen LogP contribution in [0.4, 0.5) is 11.4 Å². The number of nitrogens with zero attached hydrogens (tertiary/aromatic N) is 1. The van der Waals surface area contributed by atoms with E-state index in [9.17, 15) is 4.79 Å². The minimum atomic E-state index is -0.0442. The van der Waals surface area contributed by atoms with Gasteiger partial charge in [0.15, 0.2) is 18.1 Å². The minimum Gasteiger partial charge on any atom is -0.463 e. The van der Waals surface area contributed by atoms with Crippen molar-refractivity contribution in [1.29, 1.82) is 0 Å². The summed E-state index contributed by atoms with van der Waals surface area (Å²) in [5.41, 5.74) is 1.94. The summed E-state index contributed by atoms with van der Waals surface area (Å²) in [5, 5.41) is 3.00. The van der Waals surface area contributed by atoms with Crippen molar-refractivity contribution in [3.63, 3.8) is 0 Å². The predicted octanol–water partition coefficient (Wildman–Crippen LogP) is 1.93. The molecule has 0 spiro atoms. The maximum atomic E-state index is 12.6. The highest BCUT2D eigenvalue weighted by Crippen LogP contribution is 2.18. The second-order valence-corrected chi connectivity index (χ2v) is 7.13. The van der Waals surface area contributed by atoms with Crippen molar-refractivity contribution in [2.45, 2.75) is 13.1 Å². The number of morpholine rings is 1. The second-order valence-electron chi connectivity index (χ2n) is 7.13. The van der Waals surface area contributed by atoms with Gasteiger partial charge in [0.25, 0.3) is 5.91 Å². The zero-order chi connectivity index (χ0) is 19.9. The van der Waals surface area contributed by atoms with Crippen molar-refractivity contribution in [3.05, 3.63) is 72.6 Å². The van der Waals surface area contributed by atoms with Crippen molar-refractivity contribution in [2.75, 3.05) is 43.1 Å². The van der Waals surface area contributed by atoms with Crippen molar-refractivity contribution in [1.82, 2.24) is 0 Å². The van der Waals surface area contributed by atoms with Gasteiger partial charge in [-0.2, -0.15) is 0 Å². The predicted molar refractivity (Wildman–Crippen MR) is 109 cm³/mol. The van der Waals surface area contributed by atoms with Crippen molar-refractivity contribution in [3.8, 4) is 0 Å². The molecule has 3 aromatic rings. The van der Waals surface area contributed by atoms with Gasteiger partial charge in [0.1, 0.15) is 13.1 Å². The first-order chi connectivity index (χ1) is 14.3. The second kappa shape index (κ2) is 9.45. The number of quaternary nitrogens is 1. The van der Waals surface area contributed by atoms with Crippen LogP contribution in [-0.2, 0) is 22.6 Å². The third kappa shape index (κ3) is 5.49. The molecular weight excluding hydrogens is 370 g/mol. The number of amides is 1. The summed E-state index contributed by atoms with van der Waals surface area (Å²) in [6, 6.07) is 15.5. The summed E-state index contributed by atoms with van der Waals surface area (Å²) >= 11 is 0. The Kier molecular flexibility index (Phi) is 6.29. The molecule has 7 heteroatoms. The zero-order valence-corrected chi connectivity index (χ0v) is 16.3. The molecule has 0 radical (unpaired) electrons. The van der Waals surface area contributed by atoms with Crippen LogP contribution >= 0.6 is 0 Å². The largest absolute Gasteiger partial charge is 0.463 e. The number of rotatable bonds is 8. The fraction of sp³-hybridized carbons (Fsp3) is 0.318. The molecule has 7 nitrogen and oxygen atoms in total. The first-order valence-corrected chi connectivity index (χ1v) is 9.87. The van der Waals surface area contributed by atoms with Crippen LogP contribution in [0.2, 0.25) is 0 Å². The molecule has 3 heterocycles. The van der Waals surface area contributed by atoms with E-state index < -0.39 is 0 Å². The SMILES string of the molecule is O=C(C[NH+](Cc1ccco1)Cc1ccco1)Nc1ccc(N2CCOCC2)cc1. The molecule has 1 aliphatic rings. The Balaban J connectivity index is 1.35. The lowest BCUT2D eigenvalue weighted by Gasteiger charge is -2.28. The van der Waals surface area contributed by atoms with E-state index >= 15 is 0 Å². The summed E-state index contributed by atoms with van der Waals surface area (Å²) < 4.78 is 16.3. The molecule has 1 amide bonds. The topological polar surface area (TPSA) is 72.3 Å². The molecule has 0 saturated carbocycles. The molecule has 152 valence electrons. The number of benzene rings is 1. The molecule has 0 aliphatic carbocycles. The molecule has 2 N–H and O–H groups in total. The fourth-order valence-corrected chi connectivity index (χ4v) is 3.52. The standard InChI is InChI=1S/C22H25N3O4/c26-22(23-18-5-7-19(8-6-18)25-9-13-27-14-10-25)17-24(15-20-3-1-11-28-20)16-21-4-2-12-29-21/h1-8,11-12H,9-10,13-17H2,(H,23,26)/p+1. The van der Waals surface area contributed by atoms with Gasteiger partial charge in [-0.15, -0.1) is 0 Å². The molecule has 0 unspecified atom stereocenters. The molecule has 1 aromatic carbocycles. The fourth-order valence-electron chi connectivity index (χ4n) is 3.52. The lowest BCUT2D eigenvalue weighted by molar-refractivity contribution is -0.921. The monoisotopic (exact) mass is 396 g/mol. The van der Waals surface area contributed by atoms with E-state index in [1.54, 1.807) is 12.5 Å². The van der Waals surface area contributed by atoms with Gasteiger partial charge in [-0.1, -0.05) is 0 Å². The van der Waals surface area contributed by atoms with Crippen LogP contribution in [0.15, 0.2) is 69.9 Å². The molecule has 4 rings (SSSR count).